The lowest BCUT2D eigenvalue weighted by Crippen LogP contribution is -2.24. The van der Waals surface area contributed by atoms with Crippen LogP contribution in [0, 0.1) is 11.3 Å². The molecule has 1 N–H and O–H groups in total. The number of nitriles is 1. The van der Waals surface area contributed by atoms with Gasteiger partial charge in [0.25, 0.3) is 5.91 Å². The van der Waals surface area contributed by atoms with Gasteiger partial charge in [0.05, 0.1) is 6.07 Å². The normalized spacial score (nSPS) is 9.56. The molecule has 1 aromatic carbocycles. The molecule has 0 saturated carbocycles. The second kappa shape index (κ2) is 6.66. The van der Waals surface area contributed by atoms with E-state index < -0.39 is 0 Å². The molecular formula is C11H10Br2N2O. The lowest BCUT2D eigenvalue weighted by atomic mass is 10.2. The van der Waals surface area contributed by atoms with E-state index in [2.05, 4.69) is 37.2 Å². The molecule has 1 amide bonds. The van der Waals surface area contributed by atoms with Crippen LogP contribution in [0.25, 0.3) is 0 Å². The largest absolute Gasteiger partial charge is 0.352 e. The van der Waals surface area contributed by atoms with Crippen molar-refractivity contribution in [1.29, 1.82) is 5.26 Å². The molecule has 0 aliphatic heterocycles. The highest BCUT2D eigenvalue weighted by molar-refractivity contribution is 9.11. The van der Waals surface area contributed by atoms with Crippen molar-refractivity contribution >= 4 is 37.8 Å². The van der Waals surface area contributed by atoms with E-state index in [1.54, 1.807) is 12.1 Å². The van der Waals surface area contributed by atoms with Gasteiger partial charge in [-0.15, -0.1) is 0 Å². The third-order valence-electron chi connectivity index (χ3n) is 1.88. The summed E-state index contributed by atoms with van der Waals surface area (Å²) in [5.41, 5.74) is 0.596. The van der Waals surface area contributed by atoms with Crippen LogP contribution in [0.15, 0.2) is 27.1 Å². The minimum atomic E-state index is -0.125. The standard InChI is InChI=1S/C11H10Br2N2O/c12-9-5-8(6-10(13)7-9)11(16)15-4-2-1-3-14/h5-7H,1-2,4H2,(H,15,16). The number of nitrogens with one attached hydrogen (secondary N) is 1. The third-order valence-corrected chi connectivity index (χ3v) is 2.79. The molecule has 0 aromatic heterocycles. The maximum absolute atomic E-state index is 11.7. The summed E-state index contributed by atoms with van der Waals surface area (Å²) in [6, 6.07) is 7.41. The molecule has 0 fully saturated rings. The van der Waals surface area contributed by atoms with Crippen molar-refractivity contribution in [2.75, 3.05) is 6.54 Å². The van der Waals surface area contributed by atoms with Crippen molar-refractivity contribution in [2.45, 2.75) is 12.8 Å². The smallest absolute Gasteiger partial charge is 0.251 e. The minimum Gasteiger partial charge on any atom is -0.352 e. The maximum atomic E-state index is 11.7. The molecule has 0 aliphatic rings. The van der Waals surface area contributed by atoms with Crippen LogP contribution < -0.4 is 5.32 Å². The lowest BCUT2D eigenvalue weighted by molar-refractivity contribution is 0.0953. The molecule has 0 unspecified atom stereocenters. The summed E-state index contributed by atoms with van der Waals surface area (Å²) in [6.07, 6.45) is 1.14. The number of unbranched alkanes of at least 4 members (excludes halogenated alkanes) is 1. The zero-order chi connectivity index (χ0) is 12.0. The Balaban J connectivity index is 2.56. The molecule has 84 valence electrons. The van der Waals surface area contributed by atoms with E-state index in [4.69, 9.17) is 5.26 Å². The van der Waals surface area contributed by atoms with Gasteiger partial charge < -0.3 is 5.32 Å². The zero-order valence-electron chi connectivity index (χ0n) is 8.46. The third kappa shape index (κ3) is 4.33. The average molecular weight is 346 g/mol. The second-order valence-electron chi connectivity index (χ2n) is 3.18. The fraction of sp³-hybridized carbons (Fsp3) is 0.273. The highest BCUT2D eigenvalue weighted by atomic mass is 79.9. The fourth-order valence-electron chi connectivity index (χ4n) is 1.16. The predicted molar refractivity (Wildman–Crippen MR) is 69.0 cm³/mol. The van der Waals surface area contributed by atoms with Crippen molar-refractivity contribution in [1.82, 2.24) is 5.32 Å². The Morgan fingerprint density at radius 1 is 1.31 bits per heavy atom. The summed E-state index contributed by atoms with van der Waals surface area (Å²) in [7, 11) is 0. The molecule has 0 radical (unpaired) electrons. The monoisotopic (exact) mass is 344 g/mol. The first-order chi connectivity index (χ1) is 7.63. The van der Waals surface area contributed by atoms with Gasteiger partial charge in [0.15, 0.2) is 0 Å². The average Bonchev–Trinajstić information content (AvgIpc) is 2.22. The van der Waals surface area contributed by atoms with Crippen LogP contribution in [0.2, 0.25) is 0 Å². The highest BCUT2D eigenvalue weighted by Gasteiger charge is 2.06. The molecule has 0 aliphatic carbocycles. The number of carbonyl (C=O) groups excluding carboxylic acids is 1. The van der Waals surface area contributed by atoms with Gasteiger partial charge in [-0.25, -0.2) is 0 Å². The molecule has 3 nitrogen and oxygen atoms in total. The molecule has 16 heavy (non-hydrogen) atoms. The maximum Gasteiger partial charge on any atom is 0.251 e. The number of amides is 1. The van der Waals surface area contributed by atoms with Crippen LogP contribution in [0.1, 0.15) is 23.2 Å². The zero-order valence-corrected chi connectivity index (χ0v) is 11.6. The molecule has 1 rings (SSSR count). The summed E-state index contributed by atoms with van der Waals surface area (Å²) in [5, 5.41) is 11.1. The Kier molecular flexibility index (Phi) is 5.50. The van der Waals surface area contributed by atoms with E-state index >= 15 is 0 Å². The summed E-state index contributed by atoms with van der Waals surface area (Å²) >= 11 is 6.64. The SMILES string of the molecule is N#CCCCNC(=O)c1cc(Br)cc(Br)c1. The van der Waals surface area contributed by atoms with E-state index in [-0.39, 0.29) is 5.91 Å². The Morgan fingerprint density at radius 2 is 1.94 bits per heavy atom. The van der Waals surface area contributed by atoms with Gasteiger partial charge >= 0.3 is 0 Å². The number of benzene rings is 1. The first-order valence-electron chi connectivity index (χ1n) is 4.74. The Hall–Kier alpha value is -0.860. The Labute approximate surface area is 111 Å². The van der Waals surface area contributed by atoms with Crippen LogP contribution in [0.3, 0.4) is 0 Å². The number of hydrogen-bond acceptors (Lipinski definition) is 2. The topological polar surface area (TPSA) is 52.9 Å². The van der Waals surface area contributed by atoms with E-state index in [9.17, 15) is 4.79 Å². The highest BCUT2D eigenvalue weighted by Crippen LogP contribution is 2.19. The van der Waals surface area contributed by atoms with Crippen molar-refractivity contribution in [3.05, 3.63) is 32.7 Å². The molecule has 0 heterocycles. The quantitative estimate of drug-likeness (QED) is 0.851. The molecule has 0 saturated heterocycles. The summed E-state index contributed by atoms with van der Waals surface area (Å²) < 4.78 is 1.70. The molecule has 1 aromatic rings. The van der Waals surface area contributed by atoms with Gasteiger partial charge in [-0.1, -0.05) is 31.9 Å². The van der Waals surface area contributed by atoms with E-state index in [1.165, 1.54) is 0 Å². The molecular weight excluding hydrogens is 336 g/mol. The van der Waals surface area contributed by atoms with Crippen LogP contribution in [0.5, 0.6) is 0 Å². The van der Waals surface area contributed by atoms with Crippen molar-refractivity contribution in [3.8, 4) is 6.07 Å². The lowest BCUT2D eigenvalue weighted by Gasteiger charge is -2.04. The van der Waals surface area contributed by atoms with Crippen molar-refractivity contribution in [2.24, 2.45) is 0 Å². The second-order valence-corrected chi connectivity index (χ2v) is 5.01. The number of carbonyl (C=O) groups is 1. The van der Waals surface area contributed by atoms with Crippen molar-refractivity contribution in [3.63, 3.8) is 0 Å². The predicted octanol–water partition coefficient (Wildman–Crippen LogP) is 3.25. The van der Waals surface area contributed by atoms with Gasteiger partial charge in [0.2, 0.25) is 0 Å². The Bertz CT molecular complexity index is 406. The van der Waals surface area contributed by atoms with Crippen LogP contribution in [-0.2, 0) is 0 Å². The Morgan fingerprint density at radius 3 is 2.50 bits per heavy atom. The number of rotatable bonds is 4. The first kappa shape index (κ1) is 13.2. The van der Waals surface area contributed by atoms with Crippen LogP contribution in [0.4, 0.5) is 0 Å². The first-order valence-corrected chi connectivity index (χ1v) is 6.33. The van der Waals surface area contributed by atoms with Gasteiger partial charge in [0.1, 0.15) is 0 Å². The van der Waals surface area contributed by atoms with E-state index in [0.717, 1.165) is 8.95 Å². The van der Waals surface area contributed by atoms with Gasteiger partial charge in [0, 0.05) is 27.5 Å². The summed E-state index contributed by atoms with van der Waals surface area (Å²) in [5.74, 6) is -0.125. The van der Waals surface area contributed by atoms with Gasteiger partial charge in [-0.05, 0) is 24.6 Å². The van der Waals surface area contributed by atoms with Crippen LogP contribution >= 0.6 is 31.9 Å². The van der Waals surface area contributed by atoms with E-state index in [0.29, 0.717) is 24.9 Å². The fourth-order valence-corrected chi connectivity index (χ4v) is 2.45. The summed E-state index contributed by atoms with van der Waals surface area (Å²) in [6.45, 7) is 0.524. The van der Waals surface area contributed by atoms with Gasteiger partial charge in [-0.3, -0.25) is 4.79 Å². The number of halogens is 2. The van der Waals surface area contributed by atoms with Gasteiger partial charge in [-0.2, -0.15) is 5.26 Å². The molecule has 0 spiro atoms. The number of nitrogens with zero attached hydrogens (tertiary/aromatic N) is 1. The molecule has 5 heteroatoms. The number of hydrogen-bond donors (Lipinski definition) is 1. The molecule has 0 bridgehead atoms. The van der Waals surface area contributed by atoms with Crippen molar-refractivity contribution < 1.29 is 4.79 Å². The minimum absolute atomic E-state index is 0.125. The van der Waals surface area contributed by atoms with Crippen LogP contribution in [-0.4, -0.2) is 12.5 Å². The summed E-state index contributed by atoms with van der Waals surface area (Å²) in [4.78, 5) is 11.7. The molecule has 0 atom stereocenters. The van der Waals surface area contributed by atoms with E-state index in [1.807, 2.05) is 12.1 Å².